The van der Waals surface area contributed by atoms with E-state index >= 15 is 0 Å². The van der Waals surface area contributed by atoms with Crippen LogP contribution in [0, 0.1) is 0 Å². The molecule has 28 heavy (non-hydrogen) atoms. The fraction of sp³-hybridized carbons (Fsp3) is 0.429. The molecule has 1 aliphatic carbocycles. The Balaban J connectivity index is 1.50. The molecular weight excluding hydrogens is 376 g/mol. The maximum absolute atomic E-state index is 12.3. The lowest BCUT2D eigenvalue weighted by Crippen LogP contribution is -2.41. The molecule has 0 unspecified atom stereocenters. The zero-order valence-corrected chi connectivity index (χ0v) is 17.1. The van der Waals surface area contributed by atoms with E-state index in [0.29, 0.717) is 22.8 Å². The number of benzene rings is 1. The summed E-state index contributed by atoms with van der Waals surface area (Å²) in [5.41, 5.74) is 7.25. The third-order valence-electron chi connectivity index (χ3n) is 4.84. The minimum atomic E-state index is -0.255. The van der Waals surface area contributed by atoms with Crippen molar-refractivity contribution in [2.24, 2.45) is 0 Å². The number of ether oxygens (including phenoxy) is 2. The third kappa shape index (κ3) is 5.25. The molecular formula is C21H26N2O4S. The molecule has 2 amide bonds. The number of carbonyl (C=O) groups excluding carboxylic acids is 2. The van der Waals surface area contributed by atoms with Gasteiger partial charge in [0, 0.05) is 17.4 Å². The van der Waals surface area contributed by atoms with Crippen LogP contribution in [0.15, 0.2) is 24.3 Å². The smallest absolute Gasteiger partial charge is 0.279 e. The Morgan fingerprint density at radius 1 is 0.964 bits per heavy atom. The first-order chi connectivity index (χ1) is 13.6. The number of amides is 2. The number of aryl methyl sites for hydroxylation is 3. The fourth-order valence-corrected chi connectivity index (χ4v) is 4.45. The monoisotopic (exact) mass is 402 g/mol. The van der Waals surface area contributed by atoms with Crippen molar-refractivity contribution in [3.63, 3.8) is 0 Å². The lowest BCUT2D eigenvalue weighted by atomic mass is 10.1. The Hall–Kier alpha value is -2.54. The summed E-state index contributed by atoms with van der Waals surface area (Å²) in [5.74, 6) is 0.865. The van der Waals surface area contributed by atoms with Gasteiger partial charge in [-0.2, -0.15) is 0 Å². The van der Waals surface area contributed by atoms with Gasteiger partial charge in [-0.25, -0.2) is 0 Å². The summed E-state index contributed by atoms with van der Waals surface area (Å²) >= 11 is 1.54. The summed E-state index contributed by atoms with van der Waals surface area (Å²) in [6, 6.07) is 7.49. The molecule has 0 atom stereocenters. The van der Waals surface area contributed by atoms with Crippen LogP contribution < -0.4 is 20.3 Å². The van der Waals surface area contributed by atoms with E-state index in [1.54, 1.807) is 20.3 Å². The van der Waals surface area contributed by atoms with E-state index in [1.807, 2.05) is 18.2 Å². The van der Waals surface area contributed by atoms with E-state index < -0.39 is 0 Å². The normalized spacial score (nSPS) is 13.2. The summed E-state index contributed by atoms with van der Waals surface area (Å²) in [7, 11) is 3.18. The molecule has 1 aromatic carbocycles. The van der Waals surface area contributed by atoms with Gasteiger partial charge in [-0.15, -0.1) is 11.3 Å². The second-order valence-electron chi connectivity index (χ2n) is 6.84. The van der Waals surface area contributed by atoms with Crippen LogP contribution in [-0.2, 0) is 24.1 Å². The number of hydrogen-bond donors (Lipinski definition) is 2. The zero-order valence-electron chi connectivity index (χ0n) is 16.3. The molecule has 0 saturated heterocycles. The molecule has 7 heteroatoms. The Morgan fingerprint density at radius 2 is 1.68 bits per heavy atom. The first-order valence-electron chi connectivity index (χ1n) is 9.51. The molecule has 3 rings (SSSR count). The third-order valence-corrected chi connectivity index (χ3v) is 6.07. The average Bonchev–Trinajstić information content (AvgIpc) is 3.00. The molecule has 0 saturated carbocycles. The number of hydrogen-bond acceptors (Lipinski definition) is 5. The van der Waals surface area contributed by atoms with Crippen LogP contribution in [0.1, 0.15) is 51.4 Å². The standard InChI is InChI=1S/C21H26N2O4S/c1-26-16-10-14(11-17(13-16)27-2)8-9-20(24)22-23-21(25)19-12-15-6-4-3-5-7-18(15)28-19/h10-13H,3-9H2,1-2H3,(H,22,24)(H,23,25). The maximum Gasteiger partial charge on any atom is 0.279 e. The van der Waals surface area contributed by atoms with E-state index in [4.69, 9.17) is 9.47 Å². The van der Waals surface area contributed by atoms with E-state index in [2.05, 4.69) is 10.9 Å². The number of rotatable bonds is 6. The lowest BCUT2D eigenvalue weighted by molar-refractivity contribution is -0.121. The maximum atomic E-state index is 12.3. The molecule has 1 aromatic heterocycles. The SMILES string of the molecule is COc1cc(CCC(=O)NNC(=O)c2cc3c(s2)CCCCC3)cc(OC)c1. The van der Waals surface area contributed by atoms with Crippen LogP contribution in [0.25, 0.3) is 0 Å². The topological polar surface area (TPSA) is 76.7 Å². The van der Waals surface area contributed by atoms with Crippen LogP contribution in [0.2, 0.25) is 0 Å². The number of methoxy groups -OCH3 is 2. The van der Waals surface area contributed by atoms with Gasteiger partial charge in [0.2, 0.25) is 5.91 Å². The lowest BCUT2D eigenvalue weighted by Gasteiger charge is -2.09. The fourth-order valence-electron chi connectivity index (χ4n) is 3.30. The second-order valence-corrected chi connectivity index (χ2v) is 7.98. The van der Waals surface area contributed by atoms with Crippen LogP contribution in [0.5, 0.6) is 11.5 Å². The quantitative estimate of drug-likeness (QED) is 0.573. The number of nitrogens with one attached hydrogen (secondary N) is 2. The van der Waals surface area contributed by atoms with Crippen molar-refractivity contribution in [3.8, 4) is 11.5 Å². The van der Waals surface area contributed by atoms with Crippen molar-refractivity contribution in [1.82, 2.24) is 10.9 Å². The first-order valence-corrected chi connectivity index (χ1v) is 10.3. The number of fused-ring (bicyclic) bond motifs is 1. The van der Waals surface area contributed by atoms with Gasteiger partial charge in [0.15, 0.2) is 0 Å². The highest BCUT2D eigenvalue weighted by atomic mass is 32.1. The Bertz CT molecular complexity index is 801. The summed E-state index contributed by atoms with van der Waals surface area (Å²) < 4.78 is 10.5. The number of hydrazine groups is 1. The minimum absolute atomic E-state index is 0.242. The van der Waals surface area contributed by atoms with Crippen LogP contribution in [0.3, 0.4) is 0 Å². The van der Waals surface area contributed by atoms with Crippen molar-refractivity contribution >= 4 is 23.2 Å². The Kier molecular flexibility index (Phi) is 6.92. The van der Waals surface area contributed by atoms with Gasteiger partial charge in [-0.1, -0.05) is 6.42 Å². The van der Waals surface area contributed by atoms with E-state index in [1.165, 1.54) is 41.0 Å². The summed E-state index contributed by atoms with van der Waals surface area (Å²) in [6.07, 6.45) is 6.45. The number of thiophene rings is 1. The summed E-state index contributed by atoms with van der Waals surface area (Å²) in [6.45, 7) is 0. The van der Waals surface area contributed by atoms with Crippen LogP contribution in [-0.4, -0.2) is 26.0 Å². The number of carbonyl (C=O) groups is 2. The highest BCUT2D eigenvalue weighted by Crippen LogP contribution is 2.29. The second kappa shape index (κ2) is 9.59. The Morgan fingerprint density at radius 3 is 2.39 bits per heavy atom. The largest absolute Gasteiger partial charge is 0.497 e. The first kappa shape index (κ1) is 20.2. The highest BCUT2D eigenvalue weighted by Gasteiger charge is 2.17. The molecule has 6 nitrogen and oxygen atoms in total. The molecule has 0 spiro atoms. The van der Waals surface area contributed by atoms with Gasteiger partial charge in [-0.05, 0) is 61.4 Å². The van der Waals surface area contributed by atoms with Gasteiger partial charge in [0.25, 0.3) is 5.91 Å². The molecule has 0 bridgehead atoms. The van der Waals surface area contributed by atoms with Crippen LogP contribution in [0.4, 0.5) is 0 Å². The molecule has 0 radical (unpaired) electrons. The molecule has 2 N–H and O–H groups in total. The van der Waals surface area contributed by atoms with Crippen molar-refractivity contribution in [2.75, 3.05) is 14.2 Å². The molecule has 1 aliphatic rings. The minimum Gasteiger partial charge on any atom is -0.497 e. The van der Waals surface area contributed by atoms with Crippen molar-refractivity contribution < 1.29 is 19.1 Å². The summed E-state index contributed by atoms with van der Waals surface area (Å²) in [4.78, 5) is 26.4. The van der Waals surface area contributed by atoms with Crippen LogP contribution >= 0.6 is 11.3 Å². The van der Waals surface area contributed by atoms with E-state index in [9.17, 15) is 9.59 Å². The van der Waals surface area contributed by atoms with Crippen molar-refractivity contribution in [1.29, 1.82) is 0 Å². The molecule has 0 fully saturated rings. The predicted octanol–water partition coefficient (Wildman–Crippen LogP) is 3.43. The molecule has 2 aromatic rings. The average molecular weight is 403 g/mol. The van der Waals surface area contributed by atoms with Gasteiger partial charge >= 0.3 is 0 Å². The molecule has 1 heterocycles. The van der Waals surface area contributed by atoms with Crippen molar-refractivity contribution in [2.45, 2.75) is 44.9 Å². The highest BCUT2D eigenvalue weighted by molar-refractivity contribution is 7.14. The zero-order chi connectivity index (χ0) is 19.9. The van der Waals surface area contributed by atoms with E-state index in [-0.39, 0.29) is 18.2 Å². The Labute approximate surface area is 169 Å². The van der Waals surface area contributed by atoms with Gasteiger partial charge < -0.3 is 9.47 Å². The molecule has 150 valence electrons. The predicted molar refractivity (Wildman–Crippen MR) is 109 cm³/mol. The summed E-state index contributed by atoms with van der Waals surface area (Å²) in [5, 5.41) is 0. The van der Waals surface area contributed by atoms with Gasteiger partial charge in [0.1, 0.15) is 11.5 Å². The van der Waals surface area contributed by atoms with Gasteiger partial charge in [0.05, 0.1) is 19.1 Å². The van der Waals surface area contributed by atoms with Gasteiger partial charge in [-0.3, -0.25) is 20.4 Å². The van der Waals surface area contributed by atoms with Crippen molar-refractivity contribution in [3.05, 3.63) is 45.1 Å². The van der Waals surface area contributed by atoms with E-state index in [0.717, 1.165) is 18.4 Å². The molecule has 0 aliphatic heterocycles.